The van der Waals surface area contributed by atoms with Crippen molar-refractivity contribution in [3.05, 3.63) is 59.0 Å². The smallest absolute Gasteiger partial charge is 0.258 e. The molecule has 144 valence electrons. The number of benzene rings is 1. The van der Waals surface area contributed by atoms with E-state index in [4.69, 9.17) is 14.5 Å². The van der Waals surface area contributed by atoms with E-state index in [0.29, 0.717) is 31.0 Å². The molecule has 0 amide bonds. The zero-order chi connectivity index (χ0) is 19.5. The zero-order valence-corrected chi connectivity index (χ0v) is 15.9. The number of rotatable bonds is 7. The van der Waals surface area contributed by atoms with Crippen molar-refractivity contribution in [2.75, 3.05) is 32.2 Å². The van der Waals surface area contributed by atoms with E-state index in [2.05, 4.69) is 10.3 Å². The van der Waals surface area contributed by atoms with Gasteiger partial charge in [-0.3, -0.25) is 9.20 Å². The molecule has 4 aromatic rings. The minimum atomic E-state index is -0.185. The fourth-order valence-electron chi connectivity index (χ4n) is 3.24. The van der Waals surface area contributed by atoms with Crippen LogP contribution in [0.3, 0.4) is 0 Å². The van der Waals surface area contributed by atoms with Crippen LogP contribution in [0.25, 0.3) is 27.8 Å². The lowest BCUT2D eigenvalue weighted by atomic mass is 10.1. The second-order valence-electron chi connectivity index (χ2n) is 6.35. The van der Waals surface area contributed by atoms with E-state index >= 15 is 0 Å². The molecular formula is C21H22N4O3. The fourth-order valence-corrected chi connectivity index (χ4v) is 3.24. The normalized spacial score (nSPS) is 11.2. The number of pyridine rings is 2. The third-order valence-electron chi connectivity index (χ3n) is 4.51. The topological polar surface area (TPSA) is 80.7 Å². The number of ether oxygens (including phenoxy) is 2. The highest BCUT2D eigenvalue weighted by Gasteiger charge is 2.17. The van der Waals surface area contributed by atoms with E-state index in [1.165, 1.54) is 0 Å². The number of aromatic nitrogens is 3. The molecule has 0 unspecified atom stereocenters. The summed E-state index contributed by atoms with van der Waals surface area (Å²) in [4.78, 5) is 20.5. The Morgan fingerprint density at radius 2 is 2.11 bits per heavy atom. The maximum atomic E-state index is 12.8. The number of nitrogens with zero attached hydrogens (tertiary/aromatic N) is 2. The van der Waals surface area contributed by atoms with Crippen LogP contribution in [0.2, 0.25) is 0 Å². The van der Waals surface area contributed by atoms with Gasteiger partial charge in [-0.15, -0.1) is 0 Å². The summed E-state index contributed by atoms with van der Waals surface area (Å²) in [6.07, 6.45) is 1.92. The van der Waals surface area contributed by atoms with E-state index in [1.807, 2.05) is 60.0 Å². The Bertz CT molecular complexity index is 1180. The number of H-pyrrole nitrogens is 1. The van der Waals surface area contributed by atoms with Crippen LogP contribution in [-0.2, 0) is 4.74 Å². The third kappa shape index (κ3) is 3.32. The maximum Gasteiger partial charge on any atom is 0.258 e. The second-order valence-corrected chi connectivity index (χ2v) is 6.35. The van der Waals surface area contributed by atoms with Crippen LogP contribution in [0.4, 0.5) is 5.82 Å². The van der Waals surface area contributed by atoms with Gasteiger partial charge in [-0.1, -0.05) is 6.07 Å². The molecule has 0 aliphatic heterocycles. The van der Waals surface area contributed by atoms with Crippen LogP contribution < -0.4 is 15.6 Å². The average molecular weight is 378 g/mol. The summed E-state index contributed by atoms with van der Waals surface area (Å²) >= 11 is 0. The van der Waals surface area contributed by atoms with Crippen molar-refractivity contribution in [2.24, 2.45) is 0 Å². The van der Waals surface area contributed by atoms with E-state index in [-0.39, 0.29) is 5.56 Å². The Balaban J connectivity index is 1.88. The maximum absolute atomic E-state index is 12.8. The highest BCUT2D eigenvalue weighted by molar-refractivity contribution is 5.87. The molecule has 7 heteroatoms. The van der Waals surface area contributed by atoms with Gasteiger partial charge in [0, 0.05) is 30.8 Å². The van der Waals surface area contributed by atoms with Crippen molar-refractivity contribution in [3.8, 4) is 17.0 Å². The van der Waals surface area contributed by atoms with E-state index in [9.17, 15) is 4.79 Å². The Morgan fingerprint density at radius 1 is 1.21 bits per heavy atom. The minimum absolute atomic E-state index is 0.185. The lowest BCUT2D eigenvalue weighted by molar-refractivity contribution is 0.210. The van der Waals surface area contributed by atoms with Crippen LogP contribution in [-0.4, -0.2) is 41.2 Å². The SMILES string of the molecule is CCOc1ccc2[nH]c(=O)c(-c3nc4ccccn4c3NCCOC)cc2c1. The molecule has 0 bridgehead atoms. The first-order chi connectivity index (χ1) is 13.7. The number of imidazole rings is 1. The van der Waals surface area contributed by atoms with E-state index in [1.54, 1.807) is 7.11 Å². The van der Waals surface area contributed by atoms with Crippen LogP contribution >= 0.6 is 0 Å². The van der Waals surface area contributed by atoms with Gasteiger partial charge in [-0.25, -0.2) is 4.98 Å². The summed E-state index contributed by atoms with van der Waals surface area (Å²) in [5.74, 6) is 1.53. The monoisotopic (exact) mass is 378 g/mol. The van der Waals surface area contributed by atoms with Gasteiger partial charge in [-0.2, -0.15) is 0 Å². The van der Waals surface area contributed by atoms with E-state index < -0.39 is 0 Å². The second kappa shape index (κ2) is 7.74. The molecular weight excluding hydrogens is 356 g/mol. The molecule has 0 fully saturated rings. The Labute approximate surface area is 161 Å². The van der Waals surface area contributed by atoms with Crippen molar-refractivity contribution in [1.82, 2.24) is 14.4 Å². The first-order valence-corrected chi connectivity index (χ1v) is 9.21. The van der Waals surface area contributed by atoms with Gasteiger partial charge in [0.1, 0.15) is 22.9 Å². The summed E-state index contributed by atoms with van der Waals surface area (Å²) in [5.41, 5.74) is 2.45. The van der Waals surface area contributed by atoms with Gasteiger partial charge in [0.25, 0.3) is 5.56 Å². The van der Waals surface area contributed by atoms with E-state index in [0.717, 1.165) is 28.1 Å². The molecule has 7 nitrogen and oxygen atoms in total. The molecule has 0 saturated heterocycles. The minimum Gasteiger partial charge on any atom is -0.494 e. The van der Waals surface area contributed by atoms with Crippen molar-refractivity contribution in [1.29, 1.82) is 0 Å². The first kappa shape index (κ1) is 18.1. The summed E-state index contributed by atoms with van der Waals surface area (Å²) < 4.78 is 12.7. The number of anilines is 1. The van der Waals surface area contributed by atoms with Gasteiger partial charge in [0.2, 0.25) is 0 Å². The molecule has 4 rings (SSSR count). The van der Waals surface area contributed by atoms with Crippen molar-refractivity contribution in [3.63, 3.8) is 0 Å². The van der Waals surface area contributed by atoms with Crippen LogP contribution in [0.5, 0.6) is 5.75 Å². The molecule has 3 aromatic heterocycles. The molecule has 0 atom stereocenters. The number of methoxy groups -OCH3 is 1. The molecule has 1 aromatic carbocycles. The predicted molar refractivity (Wildman–Crippen MR) is 110 cm³/mol. The lowest BCUT2D eigenvalue weighted by Crippen LogP contribution is -2.13. The molecule has 28 heavy (non-hydrogen) atoms. The predicted octanol–water partition coefficient (Wildman–Crippen LogP) is 3.30. The molecule has 0 aliphatic rings. The zero-order valence-electron chi connectivity index (χ0n) is 15.9. The molecule has 0 saturated carbocycles. The van der Waals surface area contributed by atoms with Crippen molar-refractivity contribution < 1.29 is 9.47 Å². The van der Waals surface area contributed by atoms with Crippen LogP contribution in [0.15, 0.2) is 53.5 Å². The summed E-state index contributed by atoms with van der Waals surface area (Å²) in [7, 11) is 1.65. The van der Waals surface area contributed by atoms with Crippen molar-refractivity contribution >= 4 is 22.4 Å². The van der Waals surface area contributed by atoms with Gasteiger partial charge in [-0.05, 0) is 43.3 Å². The molecule has 2 N–H and O–H groups in total. The quantitative estimate of drug-likeness (QED) is 0.482. The third-order valence-corrected chi connectivity index (χ3v) is 4.51. The molecule has 0 aliphatic carbocycles. The van der Waals surface area contributed by atoms with Gasteiger partial charge in [0.15, 0.2) is 0 Å². The molecule has 3 heterocycles. The number of fused-ring (bicyclic) bond motifs is 2. The largest absolute Gasteiger partial charge is 0.494 e. The first-order valence-electron chi connectivity index (χ1n) is 9.21. The summed E-state index contributed by atoms with van der Waals surface area (Å²) in [5, 5.41) is 4.23. The summed E-state index contributed by atoms with van der Waals surface area (Å²) in [6.45, 7) is 3.68. The highest BCUT2D eigenvalue weighted by Crippen LogP contribution is 2.29. The van der Waals surface area contributed by atoms with Crippen LogP contribution in [0.1, 0.15) is 6.92 Å². The molecule has 0 radical (unpaired) electrons. The van der Waals surface area contributed by atoms with Gasteiger partial charge >= 0.3 is 0 Å². The number of hydrogen-bond donors (Lipinski definition) is 2. The average Bonchev–Trinajstić information content (AvgIpc) is 3.07. The Morgan fingerprint density at radius 3 is 2.93 bits per heavy atom. The lowest BCUT2D eigenvalue weighted by Gasteiger charge is -2.09. The van der Waals surface area contributed by atoms with Crippen molar-refractivity contribution in [2.45, 2.75) is 6.92 Å². The van der Waals surface area contributed by atoms with Gasteiger partial charge in [0.05, 0.1) is 18.8 Å². The number of hydrogen-bond acceptors (Lipinski definition) is 5. The Hall–Kier alpha value is -3.32. The number of aromatic amines is 1. The molecule has 0 spiro atoms. The fraction of sp³-hybridized carbons (Fsp3) is 0.238. The van der Waals surface area contributed by atoms with Crippen LogP contribution in [0, 0.1) is 0 Å². The summed E-state index contributed by atoms with van der Waals surface area (Å²) in [6, 6.07) is 13.2. The highest BCUT2D eigenvalue weighted by atomic mass is 16.5. The number of nitrogens with one attached hydrogen (secondary N) is 2. The standard InChI is InChI=1S/C21H22N4O3/c1-3-28-15-7-8-17-14(12-15)13-16(21(26)23-17)19-20(22-9-11-27-2)25-10-5-4-6-18(25)24-19/h4-8,10,12-13,22H,3,9,11H2,1-2H3,(H,23,26). The van der Waals surface area contributed by atoms with Gasteiger partial charge < -0.3 is 19.8 Å². The Kier molecular flexibility index (Phi) is 4.99.